The van der Waals surface area contributed by atoms with E-state index in [9.17, 15) is 27.2 Å². The van der Waals surface area contributed by atoms with Crippen molar-refractivity contribution in [3.05, 3.63) is 53.6 Å². The molecular formula is C23H22F4N4O3. The molecule has 4 aliphatic carbocycles. The lowest BCUT2D eigenvalue weighted by Gasteiger charge is -2.62. The van der Waals surface area contributed by atoms with Gasteiger partial charge in [0.25, 0.3) is 5.91 Å². The van der Waals surface area contributed by atoms with Crippen LogP contribution in [0.4, 0.5) is 22.4 Å². The molecule has 6 rings (SSSR count). The lowest BCUT2D eigenvalue weighted by Crippen LogP contribution is -2.70. The number of benzene rings is 1. The largest absolute Gasteiger partial charge is 0.433 e. The molecule has 34 heavy (non-hydrogen) atoms. The van der Waals surface area contributed by atoms with Crippen molar-refractivity contribution in [2.24, 2.45) is 11.8 Å². The van der Waals surface area contributed by atoms with E-state index in [0.29, 0.717) is 25.3 Å². The van der Waals surface area contributed by atoms with Gasteiger partial charge in [-0.25, -0.2) is 14.2 Å². The van der Waals surface area contributed by atoms with Crippen LogP contribution < -0.4 is 15.4 Å². The minimum atomic E-state index is -4.69. The average molecular weight is 478 g/mol. The first-order chi connectivity index (χ1) is 16.0. The SMILES string of the molecule is O=C(NC12CC3CC(C1)CC(NC(=O)c1cccc(F)c1)(C3)C2)Oc1nccc(C(F)(F)F)n1. The Kier molecular flexibility index (Phi) is 5.25. The second-order valence-electron chi connectivity index (χ2n) is 9.72. The fraction of sp³-hybridized carbons (Fsp3) is 0.478. The topological polar surface area (TPSA) is 93.2 Å². The Hall–Kier alpha value is -3.24. The van der Waals surface area contributed by atoms with Crippen molar-refractivity contribution in [3.63, 3.8) is 0 Å². The quantitative estimate of drug-likeness (QED) is 0.642. The molecule has 7 nitrogen and oxygen atoms in total. The van der Waals surface area contributed by atoms with E-state index in [2.05, 4.69) is 20.6 Å². The molecule has 2 N–H and O–H groups in total. The highest BCUT2D eigenvalue weighted by Crippen LogP contribution is 2.57. The molecule has 4 bridgehead atoms. The Morgan fingerprint density at radius 1 is 1.03 bits per heavy atom. The summed E-state index contributed by atoms with van der Waals surface area (Å²) in [6, 6.07) is 5.45. The smallest absolute Gasteiger partial charge is 0.374 e. The maximum Gasteiger partial charge on any atom is 0.433 e. The monoisotopic (exact) mass is 478 g/mol. The molecular weight excluding hydrogens is 456 g/mol. The van der Waals surface area contributed by atoms with Gasteiger partial charge in [0, 0.05) is 22.8 Å². The third-order valence-electron chi connectivity index (χ3n) is 7.00. The molecule has 2 atom stereocenters. The van der Waals surface area contributed by atoms with Crippen LogP contribution in [0.15, 0.2) is 36.5 Å². The lowest BCUT2D eigenvalue weighted by molar-refractivity contribution is -0.141. The van der Waals surface area contributed by atoms with E-state index in [1.54, 1.807) is 6.07 Å². The molecule has 2 unspecified atom stereocenters. The van der Waals surface area contributed by atoms with Crippen LogP contribution >= 0.6 is 0 Å². The molecule has 4 saturated carbocycles. The molecule has 0 spiro atoms. The number of nitrogens with zero attached hydrogens (tertiary/aromatic N) is 2. The Morgan fingerprint density at radius 3 is 2.35 bits per heavy atom. The fourth-order valence-corrected chi connectivity index (χ4v) is 6.37. The number of hydrogen-bond acceptors (Lipinski definition) is 5. The summed E-state index contributed by atoms with van der Waals surface area (Å²) in [6.07, 6.45) is -0.463. The highest BCUT2D eigenvalue weighted by atomic mass is 19.4. The molecule has 4 aliphatic rings. The molecule has 1 aromatic heterocycles. The second kappa shape index (κ2) is 7.92. The van der Waals surface area contributed by atoms with E-state index in [1.165, 1.54) is 18.2 Å². The zero-order chi connectivity index (χ0) is 24.1. The van der Waals surface area contributed by atoms with Crippen molar-refractivity contribution < 1.29 is 31.9 Å². The Morgan fingerprint density at radius 2 is 1.71 bits per heavy atom. The van der Waals surface area contributed by atoms with Crippen molar-refractivity contribution in [1.29, 1.82) is 0 Å². The molecule has 4 fully saturated rings. The highest BCUT2D eigenvalue weighted by molar-refractivity contribution is 5.94. The number of ether oxygens (including phenoxy) is 1. The maximum atomic E-state index is 13.6. The van der Waals surface area contributed by atoms with Crippen LogP contribution in [0.1, 0.15) is 54.6 Å². The van der Waals surface area contributed by atoms with Gasteiger partial charge in [-0.2, -0.15) is 18.2 Å². The van der Waals surface area contributed by atoms with Crippen molar-refractivity contribution in [2.75, 3.05) is 0 Å². The summed E-state index contributed by atoms with van der Waals surface area (Å²) >= 11 is 0. The van der Waals surface area contributed by atoms with E-state index >= 15 is 0 Å². The molecule has 2 amide bonds. The van der Waals surface area contributed by atoms with Gasteiger partial charge >= 0.3 is 18.3 Å². The predicted molar refractivity (Wildman–Crippen MR) is 110 cm³/mol. The summed E-state index contributed by atoms with van der Waals surface area (Å²) in [5, 5.41) is 5.94. The number of alkyl halides is 3. The minimum Gasteiger partial charge on any atom is -0.374 e. The van der Waals surface area contributed by atoms with Crippen LogP contribution in [0.25, 0.3) is 0 Å². The molecule has 180 valence electrons. The average Bonchev–Trinajstić information content (AvgIpc) is 2.71. The summed E-state index contributed by atoms with van der Waals surface area (Å²) in [6.45, 7) is 0. The molecule has 2 aromatic rings. The Labute approximate surface area is 192 Å². The van der Waals surface area contributed by atoms with Gasteiger partial charge in [0.2, 0.25) is 0 Å². The van der Waals surface area contributed by atoms with E-state index < -0.39 is 40.9 Å². The van der Waals surface area contributed by atoms with Gasteiger partial charge in [-0.3, -0.25) is 4.79 Å². The zero-order valence-electron chi connectivity index (χ0n) is 18.0. The molecule has 0 radical (unpaired) electrons. The third-order valence-corrected chi connectivity index (χ3v) is 7.00. The third kappa shape index (κ3) is 4.43. The van der Waals surface area contributed by atoms with E-state index in [1.807, 2.05) is 0 Å². The molecule has 11 heteroatoms. The van der Waals surface area contributed by atoms with Gasteiger partial charge in [0.1, 0.15) is 5.82 Å². The first-order valence-electron chi connectivity index (χ1n) is 11.0. The Bertz CT molecular complexity index is 1130. The number of halogens is 4. The summed E-state index contributed by atoms with van der Waals surface area (Å²) < 4.78 is 57.2. The predicted octanol–water partition coefficient (Wildman–Crippen LogP) is 4.24. The molecule has 0 saturated heterocycles. The van der Waals surface area contributed by atoms with E-state index in [4.69, 9.17) is 4.74 Å². The number of nitrogens with one attached hydrogen (secondary N) is 2. The standard InChI is InChI=1S/C23H22F4N4O3/c24-16-3-1-2-15(7-16)18(32)30-21-8-13-6-14(9-21)11-22(10-13,12-21)31-20(33)34-19-28-5-4-17(29-19)23(25,26)27/h1-5,7,13-14H,6,8-12H2,(H,30,32)(H,31,33). The van der Waals surface area contributed by atoms with Gasteiger partial charge in [-0.1, -0.05) is 6.07 Å². The molecule has 1 heterocycles. The van der Waals surface area contributed by atoms with Crippen LogP contribution in [0.3, 0.4) is 0 Å². The van der Waals surface area contributed by atoms with Crippen molar-refractivity contribution in [1.82, 2.24) is 20.6 Å². The van der Waals surface area contributed by atoms with Crippen LogP contribution in [-0.2, 0) is 6.18 Å². The maximum absolute atomic E-state index is 13.6. The normalized spacial score (nSPS) is 29.5. The van der Waals surface area contributed by atoms with Gasteiger partial charge in [-0.15, -0.1) is 0 Å². The van der Waals surface area contributed by atoms with Crippen molar-refractivity contribution >= 4 is 12.0 Å². The van der Waals surface area contributed by atoms with Crippen LogP contribution in [0.2, 0.25) is 0 Å². The fourth-order valence-electron chi connectivity index (χ4n) is 6.37. The van der Waals surface area contributed by atoms with Gasteiger partial charge in [-0.05, 0) is 74.6 Å². The molecule has 0 aliphatic heterocycles. The number of aromatic nitrogens is 2. The second-order valence-corrected chi connectivity index (χ2v) is 9.72. The van der Waals surface area contributed by atoms with Gasteiger partial charge in [0.05, 0.1) is 0 Å². The first kappa shape index (κ1) is 22.5. The number of carbonyl (C=O) groups excluding carboxylic acids is 2. The first-order valence-corrected chi connectivity index (χ1v) is 11.0. The summed E-state index contributed by atoms with van der Waals surface area (Å²) in [4.78, 5) is 32.3. The number of hydrogen-bond donors (Lipinski definition) is 2. The van der Waals surface area contributed by atoms with Crippen LogP contribution in [0, 0.1) is 17.7 Å². The van der Waals surface area contributed by atoms with E-state index in [-0.39, 0.29) is 23.3 Å². The van der Waals surface area contributed by atoms with Crippen molar-refractivity contribution in [3.8, 4) is 6.01 Å². The van der Waals surface area contributed by atoms with Gasteiger partial charge < -0.3 is 15.4 Å². The summed E-state index contributed by atoms with van der Waals surface area (Å²) in [5.74, 6) is -0.356. The van der Waals surface area contributed by atoms with E-state index in [0.717, 1.165) is 25.5 Å². The number of carbonyl (C=O) groups is 2. The summed E-state index contributed by atoms with van der Waals surface area (Å²) in [5.41, 5.74) is -2.22. The lowest BCUT2D eigenvalue weighted by atomic mass is 9.50. The van der Waals surface area contributed by atoms with Crippen LogP contribution in [-0.4, -0.2) is 33.0 Å². The minimum absolute atomic E-state index is 0.221. The zero-order valence-corrected chi connectivity index (χ0v) is 18.0. The van der Waals surface area contributed by atoms with Gasteiger partial charge in [0.15, 0.2) is 5.69 Å². The molecule has 1 aromatic carbocycles. The number of amides is 2. The number of rotatable bonds is 4. The highest BCUT2D eigenvalue weighted by Gasteiger charge is 2.59. The Balaban J connectivity index is 1.31. The van der Waals surface area contributed by atoms with Crippen molar-refractivity contribution in [2.45, 2.75) is 55.8 Å². The summed E-state index contributed by atoms with van der Waals surface area (Å²) in [7, 11) is 0. The van der Waals surface area contributed by atoms with Crippen LogP contribution in [0.5, 0.6) is 6.01 Å².